The van der Waals surface area contributed by atoms with Gasteiger partial charge in [0.2, 0.25) is 11.8 Å². The number of halogens is 1. The van der Waals surface area contributed by atoms with Crippen molar-refractivity contribution in [3.63, 3.8) is 0 Å². The summed E-state index contributed by atoms with van der Waals surface area (Å²) in [4.78, 5) is 24.0. The Balaban J connectivity index is 1.93. The van der Waals surface area contributed by atoms with Gasteiger partial charge in [-0.2, -0.15) is 5.10 Å². The van der Waals surface area contributed by atoms with E-state index in [1.807, 2.05) is 26.0 Å². The predicted octanol–water partition coefficient (Wildman–Crippen LogP) is 4.12. The van der Waals surface area contributed by atoms with Gasteiger partial charge in [-0.1, -0.05) is 18.7 Å². The second-order valence-electron chi connectivity index (χ2n) is 6.45. The molecular weight excluding hydrogens is 450 g/mol. The van der Waals surface area contributed by atoms with Crippen molar-refractivity contribution in [2.24, 2.45) is 5.10 Å². The van der Waals surface area contributed by atoms with Gasteiger partial charge in [-0.25, -0.2) is 5.43 Å². The third-order valence-corrected chi connectivity index (χ3v) is 4.70. The van der Waals surface area contributed by atoms with E-state index in [1.165, 1.54) is 13.3 Å². The number of carbonyl (C=O) groups excluding carboxylic acids is 2. The maximum Gasteiger partial charge on any atom is 0.249 e. The molecule has 0 unspecified atom stereocenters. The zero-order chi connectivity index (χ0) is 22.1. The van der Waals surface area contributed by atoms with Gasteiger partial charge in [-0.15, -0.1) is 0 Å². The van der Waals surface area contributed by atoms with Crippen molar-refractivity contribution in [2.45, 2.75) is 20.3 Å². The highest BCUT2D eigenvalue weighted by Crippen LogP contribution is 2.36. The number of nitrogens with zero attached hydrogens (tertiary/aromatic N) is 1. The van der Waals surface area contributed by atoms with Crippen LogP contribution in [0.3, 0.4) is 0 Å². The van der Waals surface area contributed by atoms with E-state index in [-0.39, 0.29) is 6.42 Å². The number of hydrogen-bond donors (Lipinski definition) is 2. The Morgan fingerprint density at radius 1 is 1.17 bits per heavy atom. The standard InChI is InChI=1S/C22H24BrN3O4/c1-5-8-30-22-18(23)10-16(11-19(22)29-4)13-24-26-21(28)12-20(27)25-17-7-6-14(2)15(3)9-17/h5-7,9-11,13H,1,8,12H2,2-4H3,(H,25,27)(H,26,28). The molecule has 2 rings (SSSR count). The minimum absolute atomic E-state index is 0.336. The Labute approximate surface area is 184 Å². The normalized spacial score (nSPS) is 10.5. The van der Waals surface area contributed by atoms with Gasteiger partial charge in [0, 0.05) is 5.69 Å². The second-order valence-corrected chi connectivity index (χ2v) is 7.31. The summed E-state index contributed by atoms with van der Waals surface area (Å²) in [5, 5.41) is 6.60. The lowest BCUT2D eigenvalue weighted by Gasteiger charge is -2.12. The molecular formula is C22H24BrN3O4. The minimum Gasteiger partial charge on any atom is -0.493 e. The number of aryl methyl sites for hydroxylation is 2. The SMILES string of the molecule is C=CCOc1c(Br)cc(C=NNC(=O)CC(=O)Nc2ccc(C)c(C)c2)cc1OC. The molecule has 2 N–H and O–H groups in total. The topological polar surface area (TPSA) is 89.0 Å². The molecule has 0 saturated carbocycles. The molecule has 158 valence electrons. The van der Waals surface area contributed by atoms with Gasteiger partial charge in [-0.05, 0) is 70.7 Å². The Hall–Kier alpha value is -3.13. The second kappa shape index (κ2) is 11.2. The summed E-state index contributed by atoms with van der Waals surface area (Å²) in [5.74, 6) is 0.108. The highest BCUT2D eigenvalue weighted by molar-refractivity contribution is 9.10. The first-order valence-electron chi connectivity index (χ1n) is 9.14. The fourth-order valence-corrected chi connectivity index (χ4v) is 3.06. The monoisotopic (exact) mass is 473 g/mol. The Bertz CT molecular complexity index is 973. The van der Waals surface area contributed by atoms with Crippen LogP contribution < -0.4 is 20.2 Å². The lowest BCUT2D eigenvalue weighted by Crippen LogP contribution is -2.24. The third-order valence-electron chi connectivity index (χ3n) is 4.11. The number of benzene rings is 2. The largest absolute Gasteiger partial charge is 0.493 e. The number of ether oxygens (including phenoxy) is 2. The number of methoxy groups -OCH3 is 1. The fourth-order valence-electron chi connectivity index (χ4n) is 2.49. The molecule has 8 heteroatoms. The summed E-state index contributed by atoms with van der Waals surface area (Å²) in [7, 11) is 1.53. The average Bonchev–Trinajstić information content (AvgIpc) is 2.69. The lowest BCUT2D eigenvalue weighted by atomic mass is 10.1. The van der Waals surface area contributed by atoms with Gasteiger partial charge < -0.3 is 14.8 Å². The summed E-state index contributed by atoms with van der Waals surface area (Å²) in [5.41, 5.74) is 5.85. The molecule has 0 aliphatic carbocycles. The smallest absolute Gasteiger partial charge is 0.249 e. The first kappa shape index (κ1) is 23.2. The van der Waals surface area contributed by atoms with E-state index in [9.17, 15) is 9.59 Å². The van der Waals surface area contributed by atoms with E-state index in [0.717, 1.165) is 11.1 Å². The van der Waals surface area contributed by atoms with E-state index in [2.05, 4.69) is 38.4 Å². The van der Waals surface area contributed by atoms with Crippen molar-refractivity contribution in [2.75, 3.05) is 19.0 Å². The Morgan fingerprint density at radius 2 is 1.93 bits per heavy atom. The summed E-state index contributed by atoms with van der Waals surface area (Å²) in [6, 6.07) is 9.05. The van der Waals surface area contributed by atoms with Gasteiger partial charge in [0.25, 0.3) is 0 Å². The number of hydrogen-bond acceptors (Lipinski definition) is 5. The highest BCUT2D eigenvalue weighted by Gasteiger charge is 2.12. The van der Waals surface area contributed by atoms with Crippen LogP contribution in [0.1, 0.15) is 23.1 Å². The average molecular weight is 474 g/mol. The van der Waals surface area contributed by atoms with Gasteiger partial charge in [-0.3, -0.25) is 9.59 Å². The number of amides is 2. The summed E-state index contributed by atoms with van der Waals surface area (Å²) >= 11 is 3.42. The fraction of sp³-hybridized carbons (Fsp3) is 0.227. The minimum atomic E-state index is -0.524. The molecule has 0 fully saturated rings. The molecule has 0 aliphatic rings. The quantitative estimate of drug-likeness (QED) is 0.248. The van der Waals surface area contributed by atoms with E-state index in [0.29, 0.717) is 33.8 Å². The highest BCUT2D eigenvalue weighted by atomic mass is 79.9. The van der Waals surface area contributed by atoms with Crippen molar-refractivity contribution in [1.82, 2.24) is 5.43 Å². The third kappa shape index (κ3) is 6.73. The van der Waals surface area contributed by atoms with Crippen molar-refractivity contribution in [1.29, 1.82) is 0 Å². The van der Waals surface area contributed by atoms with E-state index in [1.54, 1.807) is 24.3 Å². The molecule has 0 heterocycles. The molecule has 2 aromatic carbocycles. The van der Waals surface area contributed by atoms with Gasteiger partial charge in [0.05, 0.1) is 17.8 Å². The van der Waals surface area contributed by atoms with Crippen molar-refractivity contribution >= 4 is 39.6 Å². The first-order chi connectivity index (χ1) is 14.3. The molecule has 2 aromatic rings. The van der Waals surface area contributed by atoms with Crippen LogP contribution in [0, 0.1) is 13.8 Å². The molecule has 0 radical (unpaired) electrons. The molecule has 0 atom stereocenters. The van der Waals surface area contributed by atoms with Crippen molar-refractivity contribution in [3.05, 3.63) is 64.1 Å². The Morgan fingerprint density at radius 3 is 2.60 bits per heavy atom. The van der Waals surface area contributed by atoms with Crippen LogP contribution >= 0.6 is 15.9 Å². The van der Waals surface area contributed by atoms with Crippen molar-refractivity contribution in [3.8, 4) is 11.5 Å². The Kier molecular flexibility index (Phi) is 8.61. The van der Waals surface area contributed by atoms with Gasteiger partial charge >= 0.3 is 0 Å². The molecule has 2 amide bonds. The zero-order valence-corrected chi connectivity index (χ0v) is 18.7. The first-order valence-corrected chi connectivity index (χ1v) is 9.93. The van der Waals surface area contributed by atoms with Gasteiger partial charge in [0.15, 0.2) is 11.5 Å². The number of hydrazone groups is 1. The summed E-state index contributed by atoms with van der Waals surface area (Å²) in [6.45, 7) is 7.90. The maximum atomic E-state index is 12.0. The molecule has 7 nitrogen and oxygen atoms in total. The summed E-state index contributed by atoms with van der Waals surface area (Å²) in [6.07, 6.45) is 2.74. The van der Waals surface area contributed by atoms with Crippen LogP contribution in [0.25, 0.3) is 0 Å². The van der Waals surface area contributed by atoms with Crippen LogP contribution in [0.15, 0.2) is 52.6 Å². The predicted molar refractivity (Wildman–Crippen MR) is 121 cm³/mol. The number of anilines is 1. The molecule has 0 bridgehead atoms. The van der Waals surface area contributed by atoms with Crippen molar-refractivity contribution < 1.29 is 19.1 Å². The van der Waals surface area contributed by atoms with Crippen LogP contribution in [-0.4, -0.2) is 31.7 Å². The van der Waals surface area contributed by atoms with E-state index < -0.39 is 11.8 Å². The lowest BCUT2D eigenvalue weighted by molar-refractivity contribution is -0.126. The van der Waals surface area contributed by atoms with Crippen LogP contribution in [0.4, 0.5) is 5.69 Å². The maximum absolute atomic E-state index is 12.0. The number of nitrogens with one attached hydrogen (secondary N) is 2. The molecule has 0 aliphatic heterocycles. The van der Waals surface area contributed by atoms with E-state index >= 15 is 0 Å². The van der Waals surface area contributed by atoms with Gasteiger partial charge in [0.1, 0.15) is 13.0 Å². The number of rotatable bonds is 9. The van der Waals surface area contributed by atoms with E-state index in [4.69, 9.17) is 9.47 Å². The van der Waals surface area contributed by atoms with Crippen LogP contribution in [0.5, 0.6) is 11.5 Å². The number of carbonyl (C=O) groups is 2. The zero-order valence-electron chi connectivity index (χ0n) is 17.1. The molecule has 0 aromatic heterocycles. The van der Waals surface area contributed by atoms with Crippen LogP contribution in [0.2, 0.25) is 0 Å². The van der Waals surface area contributed by atoms with Crippen LogP contribution in [-0.2, 0) is 9.59 Å². The molecule has 0 spiro atoms. The molecule has 30 heavy (non-hydrogen) atoms. The molecule has 0 saturated heterocycles. The summed E-state index contributed by atoms with van der Waals surface area (Å²) < 4.78 is 11.6.